The summed E-state index contributed by atoms with van der Waals surface area (Å²) in [6.07, 6.45) is 6.63. The molecule has 1 fully saturated rings. The number of thiazole rings is 1. The maximum Gasteiger partial charge on any atom is 0.337 e. The number of aromatic carboxylic acids is 1. The highest BCUT2D eigenvalue weighted by Gasteiger charge is 2.35. The third-order valence-corrected chi connectivity index (χ3v) is 6.47. The number of methoxy groups -OCH3 is 1. The van der Waals surface area contributed by atoms with Crippen molar-refractivity contribution in [1.82, 2.24) is 19.7 Å². The van der Waals surface area contributed by atoms with Crippen molar-refractivity contribution in [2.45, 2.75) is 18.9 Å². The number of benzene rings is 1. The molecule has 0 radical (unpaired) electrons. The molecule has 3 heterocycles. The van der Waals surface area contributed by atoms with Crippen molar-refractivity contribution in [2.75, 3.05) is 12.0 Å². The Morgan fingerprint density at radius 2 is 2.15 bits per heavy atom. The second-order valence-corrected chi connectivity index (χ2v) is 8.68. The Labute approximate surface area is 196 Å². The van der Waals surface area contributed by atoms with Gasteiger partial charge >= 0.3 is 5.97 Å². The van der Waals surface area contributed by atoms with E-state index in [-0.39, 0.29) is 17.3 Å². The summed E-state index contributed by atoms with van der Waals surface area (Å²) >= 11 is 1.23. The van der Waals surface area contributed by atoms with E-state index in [0.717, 1.165) is 18.5 Å². The van der Waals surface area contributed by atoms with Crippen LogP contribution >= 0.6 is 11.3 Å². The molecule has 0 aliphatic heterocycles. The highest BCUT2D eigenvalue weighted by atomic mass is 32.1. The third-order valence-electron chi connectivity index (χ3n) is 5.38. The van der Waals surface area contributed by atoms with Crippen molar-refractivity contribution in [3.05, 3.63) is 59.9 Å². The molecule has 4 N–H and O–H groups in total. The van der Waals surface area contributed by atoms with Crippen LogP contribution in [-0.4, -0.2) is 49.9 Å². The number of amides is 1. The van der Waals surface area contributed by atoms with Crippen LogP contribution in [0.15, 0.2) is 42.9 Å². The average molecular weight is 482 g/mol. The molecule has 1 amide bonds. The number of primary amides is 1. The molecule has 0 spiro atoms. The van der Waals surface area contributed by atoms with E-state index in [2.05, 4.69) is 15.1 Å². The van der Waals surface area contributed by atoms with Gasteiger partial charge < -0.3 is 25.5 Å². The summed E-state index contributed by atoms with van der Waals surface area (Å²) in [4.78, 5) is 33.2. The maximum atomic E-state index is 13.6. The number of carbonyl (C=O) groups is 2. The molecule has 0 saturated heterocycles. The number of nitrogens with one attached hydrogen (secondary N) is 1. The van der Waals surface area contributed by atoms with Crippen LogP contribution in [-0.2, 0) is 0 Å². The molecule has 1 aliphatic carbocycles. The first kappa shape index (κ1) is 21.6. The SMILES string of the molecule is COc1cc(F)ccc1-n1cc(N(c2nc(C(N)=O)c(-c3cc(C(=O)O)c[nH]3)s2)C2CC2)cn1. The van der Waals surface area contributed by atoms with Gasteiger partial charge in [0.25, 0.3) is 5.91 Å². The lowest BCUT2D eigenvalue weighted by Gasteiger charge is -2.19. The van der Waals surface area contributed by atoms with Crippen LogP contribution in [0.2, 0.25) is 0 Å². The van der Waals surface area contributed by atoms with Crippen LogP contribution in [0, 0.1) is 5.82 Å². The zero-order valence-electron chi connectivity index (χ0n) is 17.9. The van der Waals surface area contributed by atoms with Crippen LogP contribution in [0.25, 0.3) is 16.3 Å². The number of hydrogen-bond donors (Lipinski definition) is 3. The number of anilines is 2. The predicted molar refractivity (Wildman–Crippen MR) is 123 cm³/mol. The van der Waals surface area contributed by atoms with Gasteiger partial charge in [0.1, 0.15) is 17.3 Å². The fourth-order valence-corrected chi connectivity index (χ4v) is 4.77. The van der Waals surface area contributed by atoms with Crippen molar-refractivity contribution in [3.8, 4) is 22.0 Å². The molecule has 12 heteroatoms. The van der Waals surface area contributed by atoms with E-state index in [4.69, 9.17) is 10.5 Å². The Balaban J connectivity index is 1.55. The molecular weight excluding hydrogens is 463 g/mol. The fourth-order valence-electron chi connectivity index (χ4n) is 3.63. The van der Waals surface area contributed by atoms with Crippen molar-refractivity contribution in [2.24, 2.45) is 5.73 Å². The standard InChI is InChI=1S/C22H19FN6O4S/c1-33-17-7-12(23)2-5-16(17)28-10-14(9-26-28)29(13-3-4-13)22-27-18(20(24)30)19(34-22)15-6-11(8-25-15)21(31)32/h2,5-10,13,25H,3-4H2,1H3,(H2,24,30)(H,31,32). The first-order valence-corrected chi connectivity index (χ1v) is 11.1. The summed E-state index contributed by atoms with van der Waals surface area (Å²) in [5, 5.41) is 14.2. The quantitative estimate of drug-likeness (QED) is 0.349. The monoisotopic (exact) mass is 482 g/mol. The number of aromatic amines is 1. The Bertz CT molecular complexity index is 1410. The van der Waals surface area contributed by atoms with Gasteiger partial charge in [-0.2, -0.15) is 5.10 Å². The number of carbonyl (C=O) groups excluding carboxylic acids is 1. The van der Waals surface area contributed by atoms with Gasteiger partial charge in [-0.3, -0.25) is 4.79 Å². The lowest BCUT2D eigenvalue weighted by molar-refractivity contribution is 0.0697. The van der Waals surface area contributed by atoms with Crippen LogP contribution in [0.5, 0.6) is 5.75 Å². The smallest absolute Gasteiger partial charge is 0.337 e. The first-order chi connectivity index (χ1) is 16.4. The Morgan fingerprint density at radius 3 is 2.79 bits per heavy atom. The number of carboxylic acid groups (broad SMARTS) is 1. The highest BCUT2D eigenvalue weighted by molar-refractivity contribution is 7.19. The first-order valence-electron chi connectivity index (χ1n) is 10.3. The van der Waals surface area contributed by atoms with E-state index in [0.29, 0.717) is 27.1 Å². The van der Waals surface area contributed by atoms with Gasteiger partial charge in [-0.1, -0.05) is 11.3 Å². The molecule has 4 aromatic rings. The van der Waals surface area contributed by atoms with Gasteiger partial charge in [-0.15, -0.1) is 0 Å². The van der Waals surface area contributed by atoms with Crippen molar-refractivity contribution >= 4 is 34.0 Å². The minimum atomic E-state index is -1.09. The zero-order valence-corrected chi connectivity index (χ0v) is 18.7. The Hall–Kier alpha value is -4.19. The van der Waals surface area contributed by atoms with Crippen LogP contribution in [0.1, 0.15) is 33.7 Å². The second-order valence-electron chi connectivity index (χ2n) is 7.71. The van der Waals surface area contributed by atoms with Gasteiger partial charge in [-0.25, -0.2) is 18.9 Å². The van der Waals surface area contributed by atoms with Crippen LogP contribution < -0.4 is 15.4 Å². The fraction of sp³-hybridized carbons (Fsp3) is 0.182. The number of carboxylic acids is 1. The number of nitrogens with zero attached hydrogens (tertiary/aromatic N) is 4. The van der Waals surface area contributed by atoms with Crippen molar-refractivity contribution in [3.63, 3.8) is 0 Å². The summed E-state index contributed by atoms with van der Waals surface area (Å²) in [5.41, 5.74) is 7.43. The van der Waals surface area contributed by atoms with Gasteiger partial charge in [0, 0.05) is 18.3 Å². The Morgan fingerprint density at radius 1 is 1.35 bits per heavy atom. The molecule has 0 bridgehead atoms. The molecule has 34 heavy (non-hydrogen) atoms. The zero-order chi connectivity index (χ0) is 24.0. The normalized spacial score (nSPS) is 13.1. The number of ether oxygens (including phenoxy) is 1. The van der Waals surface area contributed by atoms with Gasteiger partial charge in [-0.05, 0) is 31.0 Å². The minimum Gasteiger partial charge on any atom is -0.494 e. The molecular formula is C22H19FN6O4S. The summed E-state index contributed by atoms with van der Waals surface area (Å²) in [5.74, 6) is -1.89. The van der Waals surface area contributed by atoms with Crippen LogP contribution in [0.3, 0.4) is 0 Å². The molecule has 1 aliphatic rings. The van der Waals surface area contributed by atoms with Gasteiger partial charge in [0.05, 0.1) is 41.3 Å². The molecule has 5 rings (SSSR count). The largest absolute Gasteiger partial charge is 0.494 e. The summed E-state index contributed by atoms with van der Waals surface area (Å²) in [7, 11) is 1.46. The summed E-state index contributed by atoms with van der Waals surface area (Å²) in [6, 6.07) is 5.78. The second kappa shape index (κ2) is 8.30. The predicted octanol–water partition coefficient (Wildman–Crippen LogP) is 3.57. The average Bonchev–Trinajstić information content (AvgIpc) is 3.20. The minimum absolute atomic E-state index is 0.0528. The Kier molecular flexibility index (Phi) is 5.28. The molecule has 10 nitrogen and oxygen atoms in total. The molecule has 0 unspecified atom stereocenters. The van der Waals surface area contributed by atoms with Crippen molar-refractivity contribution in [1.29, 1.82) is 0 Å². The molecule has 3 aromatic heterocycles. The lowest BCUT2D eigenvalue weighted by atomic mass is 10.2. The number of halogens is 1. The number of nitrogens with two attached hydrogens (primary N) is 1. The molecule has 1 aromatic carbocycles. The van der Waals surface area contributed by atoms with E-state index in [1.807, 2.05) is 4.90 Å². The molecule has 1 saturated carbocycles. The van der Waals surface area contributed by atoms with Crippen LogP contribution in [0.4, 0.5) is 15.2 Å². The van der Waals surface area contributed by atoms with Gasteiger partial charge in [0.15, 0.2) is 10.8 Å². The number of H-pyrrole nitrogens is 1. The van der Waals surface area contributed by atoms with E-state index >= 15 is 0 Å². The lowest BCUT2D eigenvalue weighted by Crippen LogP contribution is -2.19. The highest BCUT2D eigenvalue weighted by Crippen LogP contribution is 2.43. The van der Waals surface area contributed by atoms with Gasteiger partial charge in [0.2, 0.25) is 0 Å². The van der Waals surface area contributed by atoms with E-state index in [1.165, 1.54) is 42.8 Å². The topological polar surface area (TPSA) is 139 Å². The van der Waals surface area contributed by atoms with E-state index in [1.54, 1.807) is 23.1 Å². The molecule has 0 atom stereocenters. The summed E-state index contributed by atoms with van der Waals surface area (Å²) in [6.45, 7) is 0. The van der Waals surface area contributed by atoms with E-state index in [9.17, 15) is 19.1 Å². The van der Waals surface area contributed by atoms with E-state index < -0.39 is 17.7 Å². The third kappa shape index (κ3) is 3.88. The van der Waals surface area contributed by atoms with Crippen molar-refractivity contribution < 1.29 is 23.8 Å². The number of aromatic nitrogens is 4. The maximum absolute atomic E-state index is 13.6. The summed E-state index contributed by atoms with van der Waals surface area (Å²) < 4.78 is 20.5. The number of hydrogen-bond acceptors (Lipinski definition) is 7. The molecule has 174 valence electrons. The number of rotatable bonds is 8.